The highest BCUT2D eigenvalue weighted by molar-refractivity contribution is 6.20. The van der Waals surface area contributed by atoms with Gasteiger partial charge in [0.25, 0.3) is 0 Å². The van der Waals surface area contributed by atoms with Crippen molar-refractivity contribution in [2.24, 2.45) is 5.92 Å². The number of rotatable bonds is 3. The van der Waals surface area contributed by atoms with Crippen LogP contribution in [0.2, 0.25) is 0 Å². The third-order valence-corrected chi connectivity index (χ3v) is 2.77. The summed E-state index contributed by atoms with van der Waals surface area (Å²) >= 11 is 5.83. The summed E-state index contributed by atoms with van der Waals surface area (Å²) < 4.78 is 4.66. The summed E-state index contributed by atoms with van der Waals surface area (Å²) in [4.78, 5) is 23.7. The van der Waals surface area contributed by atoms with E-state index in [4.69, 9.17) is 11.6 Å². The number of cyclic esters (lactones) is 1. The number of ether oxygens (including phenoxy) is 1. The Balaban J connectivity index is 2.45. The summed E-state index contributed by atoms with van der Waals surface area (Å²) in [6.07, 6.45) is -0.246. The summed E-state index contributed by atoms with van der Waals surface area (Å²) in [6, 6.07) is 0. The van der Waals surface area contributed by atoms with Gasteiger partial charge in [-0.2, -0.15) is 0 Å². The largest absolute Gasteiger partial charge is 0.447 e. The Kier molecular flexibility index (Phi) is 3.75. The fraction of sp³-hybridized carbons (Fsp3) is 0.778. The zero-order valence-corrected chi connectivity index (χ0v) is 9.08. The molecule has 0 radical (unpaired) electrons. The number of hydrogen-bond acceptors (Lipinski definition) is 3. The second kappa shape index (κ2) is 4.64. The molecule has 1 aliphatic rings. The van der Waals surface area contributed by atoms with Crippen molar-refractivity contribution in [3.63, 3.8) is 0 Å². The molecule has 0 spiro atoms. The van der Waals surface area contributed by atoms with Crippen LogP contribution in [-0.4, -0.2) is 35.4 Å². The lowest BCUT2D eigenvalue weighted by Gasteiger charge is -2.16. The van der Waals surface area contributed by atoms with Gasteiger partial charge in [0, 0.05) is 11.8 Å². The van der Waals surface area contributed by atoms with Gasteiger partial charge in [0.15, 0.2) is 0 Å². The second-order valence-corrected chi connectivity index (χ2v) is 4.21. The van der Waals surface area contributed by atoms with Crippen LogP contribution in [0.3, 0.4) is 0 Å². The van der Waals surface area contributed by atoms with Crippen LogP contribution in [-0.2, 0) is 9.53 Å². The maximum Gasteiger partial charge on any atom is 0.416 e. The first-order valence-corrected chi connectivity index (χ1v) is 5.07. The fourth-order valence-electron chi connectivity index (χ4n) is 1.17. The summed E-state index contributed by atoms with van der Waals surface area (Å²) in [5.74, 6) is -0.134. The van der Waals surface area contributed by atoms with E-state index in [9.17, 15) is 9.59 Å². The third kappa shape index (κ3) is 2.61. The monoisotopic (exact) mass is 219 g/mol. The Morgan fingerprint density at radius 2 is 2.29 bits per heavy atom. The quantitative estimate of drug-likeness (QED) is 0.678. The highest BCUT2D eigenvalue weighted by atomic mass is 35.5. The molecule has 1 heterocycles. The minimum Gasteiger partial charge on any atom is -0.447 e. The van der Waals surface area contributed by atoms with Crippen molar-refractivity contribution in [3.8, 4) is 0 Å². The van der Waals surface area contributed by atoms with Gasteiger partial charge in [-0.1, -0.05) is 6.92 Å². The SMILES string of the molecule is C[C@H](Cl)[C@H](C)CC(=O)N1CCOC1=O. The molecule has 0 unspecified atom stereocenters. The molecule has 5 heteroatoms. The zero-order chi connectivity index (χ0) is 10.7. The Hall–Kier alpha value is -0.770. The predicted octanol–water partition coefficient (Wildman–Crippen LogP) is 1.62. The lowest BCUT2D eigenvalue weighted by molar-refractivity contribution is -0.128. The van der Waals surface area contributed by atoms with E-state index in [0.29, 0.717) is 19.6 Å². The molecule has 14 heavy (non-hydrogen) atoms. The normalized spacial score (nSPS) is 20.5. The van der Waals surface area contributed by atoms with Crippen molar-refractivity contribution in [3.05, 3.63) is 0 Å². The van der Waals surface area contributed by atoms with E-state index in [1.807, 2.05) is 13.8 Å². The van der Waals surface area contributed by atoms with Gasteiger partial charge in [-0.3, -0.25) is 4.79 Å². The summed E-state index contributed by atoms with van der Waals surface area (Å²) in [6.45, 7) is 4.38. The molecule has 0 aromatic carbocycles. The Morgan fingerprint density at radius 3 is 2.71 bits per heavy atom. The van der Waals surface area contributed by atoms with Crippen LogP contribution < -0.4 is 0 Å². The first-order valence-electron chi connectivity index (χ1n) is 4.63. The van der Waals surface area contributed by atoms with Gasteiger partial charge in [-0.05, 0) is 12.8 Å². The van der Waals surface area contributed by atoms with Gasteiger partial charge >= 0.3 is 6.09 Å². The zero-order valence-electron chi connectivity index (χ0n) is 8.33. The minimum absolute atomic E-state index is 0.0672. The molecule has 4 nitrogen and oxygen atoms in total. The van der Waals surface area contributed by atoms with Gasteiger partial charge in [0.05, 0.1) is 6.54 Å². The molecule has 80 valence electrons. The molecule has 1 saturated heterocycles. The lowest BCUT2D eigenvalue weighted by Crippen LogP contribution is -2.33. The number of amides is 2. The molecule has 0 bridgehead atoms. The van der Waals surface area contributed by atoms with Crippen molar-refractivity contribution >= 4 is 23.6 Å². The van der Waals surface area contributed by atoms with E-state index in [-0.39, 0.29) is 17.2 Å². The Labute approximate surface area is 88.2 Å². The van der Waals surface area contributed by atoms with Crippen molar-refractivity contribution < 1.29 is 14.3 Å². The molecule has 2 amide bonds. The van der Waals surface area contributed by atoms with E-state index in [1.54, 1.807) is 0 Å². The first kappa shape index (κ1) is 11.3. The Morgan fingerprint density at radius 1 is 1.64 bits per heavy atom. The average Bonchev–Trinajstić information content (AvgIpc) is 2.51. The van der Waals surface area contributed by atoms with Gasteiger partial charge < -0.3 is 4.74 Å². The van der Waals surface area contributed by atoms with Gasteiger partial charge in [-0.15, -0.1) is 11.6 Å². The molecule has 0 aromatic heterocycles. The topological polar surface area (TPSA) is 46.6 Å². The highest BCUT2D eigenvalue weighted by Crippen LogP contribution is 2.16. The maximum absolute atomic E-state index is 11.5. The molecule has 1 aliphatic heterocycles. The van der Waals surface area contributed by atoms with Gasteiger partial charge in [0.2, 0.25) is 5.91 Å². The molecule has 2 atom stereocenters. The minimum atomic E-state index is -0.538. The number of imide groups is 1. The second-order valence-electron chi connectivity index (χ2n) is 3.52. The van der Waals surface area contributed by atoms with Crippen LogP contribution in [0.1, 0.15) is 20.3 Å². The van der Waals surface area contributed by atoms with E-state index in [0.717, 1.165) is 4.90 Å². The molecule has 0 aromatic rings. The molecule has 0 saturated carbocycles. The molecule has 1 fully saturated rings. The number of carbonyl (C=O) groups excluding carboxylic acids is 2. The van der Waals surface area contributed by atoms with Crippen molar-refractivity contribution in [2.75, 3.05) is 13.2 Å². The van der Waals surface area contributed by atoms with Crippen LogP contribution in [0, 0.1) is 5.92 Å². The smallest absolute Gasteiger partial charge is 0.416 e. The van der Waals surface area contributed by atoms with E-state index < -0.39 is 6.09 Å². The predicted molar refractivity (Wildman–Crippen MR) is 52.2 cm³/mol. The maximum atomic E-state index is 11.5. The molecule has 1 rings (SSSR count). The lowest BCUT2D eigenvalue weighted by atomic mass is 10.0. The molecule has 0 N–H and O–H groups in total. The molecule has 0 aliphatic carbocycles. The standard InChI is InChI=1S/C9H14ClNO3/c1-6(7(2)10)5-8(12)11-3-4-14-9(11)13/h6-7H,3-5H2,1-2H3/t6-,7+/m1/s1. The van der Waals surface area contributed by atoms with E-state index >= 15 is 0 Å². The number of halogens is 1. The van der Waals surface area contributed by atoms with Crippen molar-refractivity contribution in [1.29, 1.82) is 0 Å². The first-order chi connectivity index (χ1) is 6.52. The highest BCUT2D eigenvalue weighted by Gasteiger charge is 2.29. The van der Waals surface area contributed by atoms with Crippen LogP contribution >= 0.6 is 11.6 Å². The molecular weight excluding hydrogens is 206 g/mol. The number of hydrogen-bond donors (Lipinski definition) is 0. The van der Waals surface area contributed by atoms with Gasteiger partial charge in [-0.25, -0.2) is 9.69 Å². The van der Waals surface area contributed by atoms with Crippen LogP contribution in [0.15, 0.2) is 0 Å². The van der Waals surface area contributed by atoms with E-state index in [1.165, 1.54) is 0 Å². The average molecular weight is 220 g/mol. The van der Waals surface area contributed by atoms with Crippen LogP contribution in [0.25, 0.3) is 0 Å². The summed E-state index contributed by atoms with van der Waals surface area (Å²) in [7, 11) is 0. The number of nitrogens with zero attached hydrogens (tertiary/aromatic N) is 1. The van der Waals surface area contributed by atoms with Gasteiger partial charge in [0.1, 0.15) is 6.61 Å². The van der Waals surface area contributed by atoms with Crippen LogP contribution in [0.5, 0.6) is 0 Å². The summed E-state index contributed by atoms with van der Waals surface area (Å²) in [5, 5.41) is -0.0717. The number of alkyl halides is 1. The Bertz CT molecular complexity index is 242. The van der Waals surface area contributed by atoms with Crippen molar-refractivity contribution in [2.45, 2.75) is 25.6 Å². The molecular formula is C9H14ClNO3. The van der Waals surface area contributed by atoms with Crippen molar-refractivity contribution in [1.82, 2.24) is 4.90 Å². The van der Waals surface area contributed by atoms with E-state index in [2.05, 4.69) is 4.74 Å². The third-order valence-electron chi connectivity index (χ3n) is 2.34. The fourth-order valence-corrected chi connectivity index (χ4v) is 1.26. The van der Waals surface area contributed by atoms with Crippen LogP contribution in [0.4, 0.5) is 4.79 Å². The summed E-state index contributed by atoms with van der Waals surface area (Å²) in [5.41, 5.74) is 0. The number of carbonyl (C=O) groups is 2.